The monoisotopic (exact) mass is 328 g/mol. The standard InChI is InChI=1S/C17H28O4S/c1-11(2)6-7-13-16(3,20-13)15-14(18-4)12(21-22-5)8-9-17(15)10-19-17/h6,12-15H,7-10H2,1-5H3/t12?,13-,14?,15?,16+,17+/m1/s1. The van der Waals surface area contributed by atoms with Crippen molar-refractivity contribution in [3.8, 4) is 0 Å². The van der Waals surface area contributed by atoms with Crippen LogP contribution in [0.25, 0.3) is 0 Å². The Kier molecular flexibility index (Phi) is 4.65. The van der Waals surface area contributed by atoms with E-state index in [4.69, 9.17) is 18.4 Å². The van der Waals surface area contributed by atoms with E-state index in [2.05, 4.69) is 26.8 Å². The van der Waals surface area contributed by atoms with Crippen molar-refractivity contribution >= 4 is 12.0 Å². The molecule has 0 bridgehead atoms. The Hall–Kier alpha value is -0.0700. The second kappa shape index (κ2) is 6.10. The number of ether oxygens (including phenoxy) is 3. The Balaban J connectivity index is 1.78. The molecular formula is C17H28O4S. The SMILES string of the molecule is COC1C(OSC)CC[C@]2(CO2)C1[C@@]1(C)O[C@@H]1CC=C(C)C. The lowest BCUT2D eigenvalue weighted by atomic mass is 9.68. The van der Waals surface area contributed by atoms with E-state index in [-0.39, 0.29) is 35.4 Å². The van der Waals surface area contributed by atoms with Gasteiger partial charge in [-0.2, -0.15) is 0 Å². The summed E-state index contributed by atoms with van der Waals surface area (Å²) < 4.78 is 23.8. The molecule has 2 aliphatic heterocycles. The van der Waals surface area contributed by atoms with E-state index < -0.39 is 0 Å². The highest BCUT2D eigenvalue weighted by molar-refractivity contribution is 7.93. The Morgan fingerprint density at radius 3 is 2.68 bits per heavy atom. The molecule has 0 N–H and O–H groups in total. The molecule has 1 saturated carbocycles. The van der Waals surface area contributed by atoms with Crippen molar-refractivity contribution < 1.29 is 18.4 Å². The maximum absolute atomic E-state index is 6.16. The maximum Gasteiger partial charge on any atom is 0.101 e. The van der Waals surface area contributed by atoms with Crippen LogP contribution in [-0.2, 0) is 18.4 Å². The van der Waals surface area contributed by atoms with Crippen LogP contribution in [0.15, 0.2) is 11.6 Å². The molecule has 126 valence electrons. The van der Waals surface area contributed by atoms with Gasteiger partial charge in [0.1, 0.15) is 5.60 Å². The molecule has 0 radical (unpaired) electrons. The van der Waals surface area contributed by atoms with Crippen LogP contribution < -0.4 is 0 Å². The summed E-state index contributed by atoms with van der Waals surface area (Å²) in [7, 11) is 1.78. The molecule has 0 aromatic heterocycles. The predicted molar refractivity (Wildman–Crippen MR) is 87.9 cm³/mol. The smallest absolute Gasteiger partial charge is 0.101 e. The molecule has 3 fully saturated rings. The lowest BCUT2D eigenvalue weighted by Crippen LogP contribution is -2.54. The van der Waals surface area contributed by atoms with Gasteiger partial charge in [-0.25, -0.2) is 0 Å². The van der Waals surface area contributed by atoms with Crippen LogP contribution in [0.1, 0.15) is 40.0 Å². The second-order valence-electron chi connectivity index (χ2n) is 7.18. The van der Waals surface area contributed by atoms with Gasteiger partial charge in [0.2, 0.25) is 0 Å². The minimum absolute atomic E-state index is 0.0328. The van der Waals surface area contributed by atoms with Crippen molar-refractivity contribution in [3.63, 3.8) is 0 Å². The van der Waals surface area contributed by atoms with Gasteiger partial charge in [-0.15, -0.1) is 0 Å². The molecule has 0 amide bonds. The molecule has 2 saturated heterocycles. The maximum atomic E-state index is 6.16. The molecule has 1 spiro atoms. The van der Waals surface area contributed by atoms with Crippen LogP contribution in [0.2, 0.25) is 0 Å². The molecule has 22 heavy (non-hydrogen) atoms. The average molecular weight is 328 g/mol. The first-order chi connectivity index (χ1) is 10.5. The van der Waals surface area contributed by atoms with E-state index in [0.717, 1.165) is 25.9 Å². The van der Waals surface area contributed by atoms with Crippen LogP contribution in [0.3, 0.4) is 0 Å². The zero-order valence-electron chi connectivity index (χ0n) is 14.3. The summed E-state index contributed by atoms with van der Waals surface area (Å²) in [5, 5.41) is 0. The highest BCUT2D eigenvalue weighted by Gasteiger charge is 2.72. The number of hydrogen-bond acceptors (Lipinski definition) is 5. The Morgan fingerprint density at radius 2 is 2.14 bits per heavy atom. The highest BCUT2D eigenvalue weighted by atomic mass is 32.2. The van der Waals surface area contributed by atoms with E-state index >= 15 is 0 Å². The molecule has 3 unspecified atom stereocenters. The van der Waals surface area contributed by atoms with E-state index in [0.29, 0.717) is 0 Å². The molecule has 2 heterocycles. The van der Waals surface area contributed by atoms with Gasteiger partial charge in [-0.05, 0) is 52.1 Å². The summed E-state index contributed by atoms with van der Waals surface area (Å²) in [5.41, 5.74) is 1.13. The fraction of sp³-hybridized carbons (Fsp3) is 0.882. The normalized spacial score (nSPS) is 46.6. The topological polar surface area (TPSA) is 43.5 Å². The number of allylic oxidation sites excluding steroid dienone is 1. The molecule has 6 atom stereocenters. The third-order valence-corrected chi connectivity index (χ3v) is 5.90. The van der Waals surface area contributed by atoms with Crippen molar-refractivity contribution in [2.24, 2.45) is 5.92 Å². The van der Waals surface area contributed by atoms with Crippen molar-refractivity contribution in [1.29, 1.82) is 0 Å². The number of methoxy groups -OCH3 is 1. The summed E-state index contributed by atoms with van der Waals surface area (Å²) in [6.07, 6.45) is 7.63. The summed E-state index contributed by atoms with van der Waals surface area (Å²) in [4.78, 5) is 0. The van der Waals surface area contributed by atoms with Gasteiger partial charge < -0.3 is 18.4 Å². The minimum Gasteiger partial charge on any atom is -0.378 e. The lowest BCUT2D eigenvalue weighted by molar-refractivity contribution is -0.102. The van der Waals surface area contributed by atoms with E-state index in [1.807, 2.05) is 6.26 Å². The Labute approximate surface area is 138 Å². The largest absolute Gasteiger partial charge is 0.378 e. The van der Waals surface area contributed by atoms with Crippen molar-refractivity contribution in [2.45, 2.75) is 69.5 Å². The van der Waals surface area contributed by atoms with Gasteiger partial charge in [-0.1, -0.05) is 11.6 Å². The van der Waals surface area contributed by atoms with Gasteiger partial charge in [-0.3, -0.25) is 0 Å². The van der Waals surface area contributed by atoms with Crippen LogP contribution in [0.5, 0.6) is 0 Å². The predicted octanol–water partition coefficient (Wildman–Crippen LogP) is 3.36. The summed E-state index contributed by atoms with van der Waals surface area (Å²) in [6, 6.07) is 0. The second-order valence-corrected chi connectivity index (χ2v) is 7.70. The molecule has 0 aromatic carbocycles. The number of epoxide rings is 2. The van der Waals surface area contributed by atoms with Gasteiger partial charge in [0.15, 0.2) is 0 Å². The van der Waals surface area contributed by atoms with Crippen molar-refractivity contribution in [2.75, 3.05) is 20.0 Å². The first-order valence-electron chi connectivity index (χ1n) is 8.14. The minimum atomic E-state index is -0.163. The zero-order valence-corrected chi connectivity index (χ0v) is 15.1. The van der Waals surface area contributed by atoms with Crippen LogP contribution in [-0.4, -0.2) is 49.5 Å². The van der Waals surface area contributed by atoms with E-state index in [1.165, 1.54) is 17.6 Å². The molecule has 0 aromatic rings. The summed E-state index contributed by atoms with van der Waals surface area (Å²) in [5.74, 6) is 0.242. The molecular weight excluding hydrogens is 300 g/mol. The summed E-state index contributed by atoms with van der Waals surface area (Å²) in [6.45, 7) is 7.31. The Bertz CT molecular complexity index is 444. The van der Waals surface area contributed by atoms with Gasteiger partial charge in [0.05, 0.1) is 36.4 Å². The molecule has 4 nitrogen and oxygen atoms in total. The number of hydrogen-bond donors (Lipinski definition) is 0. The van der Waals surface area contributed by atoms with Crippen LogP contribution in [0.4, 0.5) is 0 Å². The van der Waals surface area contributed by atoms with Gasteiger partial charge in [0, 0.05) is 13.4 Å². The van der Waals surface area contributed by atoms with Gasteiger partial charge >= 0.3 is 0 Å². The highest BCUT2D eigenvalue weighted by Crippen LogP contribution is 2.59. The molecule has 1 aliphatic carbocycles. The lowest BCUT2D eigenvalue weighted by Gasteiger charge is -2.42. The quantitative estimate of drug-likeness (QED) is 0.425. The van der Waals surface area contributed by atoms with E-state index in [9.17, 15) is 0 Å². The van der Waals surface area contributed by atoms with Crippen LogP contribution in [0, 0.1) is 5.92 Å². The fourth-order valence-electron chi connectivity index (χ4n) is 4.17. The third kappa shape index (κ3) is 2.86. The fourth-order valence-corrected chi connectivity index (χ4v) is 4.62. The van der Waals surface area contributed by atoms with Gasteiger partial charge in [0.25, 0.3) is 0 Å². The van der Waals surface area contributed by atoms with Crippen molar-refractivity contribution in [1.82, 2.24) is 0 Å². The molecule has 3 aliphatic rings. The first kappa shape index (κ1) is 16.8. The average Bonchev–Trinajstić information content (AvgIpc) is 3.37. The first-order valence-corrected chi connectivity index (χ1v) is 9.29. The van der Waals surface area contributed by atoms with Crippen molar-refractivity contribution in [3.05, 3.63) is 11.6 Å². The third-order valence-electron chi connectivity index (χ3n) is 5.46. The molecule has 3 rings (SSSR count). The number of rotatable bonds is 6. The molecule has 5 heteroatoms. The van der Waals surface area contributed by atoms with E-state index in [1.54, 1.807) is 7.11 Å². The van der Waals surface area contributed by atoms with Crippen LogP contribution >= 0.6 is 12.0 Å². The Morgan fingerprint density at radius 1 is 1.41 bits per heavy atom. The summed E-state index contributed by atoms with van der Waals surface area (Å²) >= 11 is 1.42. The zero-order chi connectivity index (χ0) is 16.0.